The topological polar surface area (TPSA) is 75.3 Å². The Balaban J connectivity index is 1.76. The van der Waals surface area contributed by atoms with Gasteiger partial charge in [-0.2, -0.15) is 0 Å². The van der Waals surface area contributed by atoms with Crippen LogP contribution in [0.1, 0.15) is 30.1 Å². The number of aromatic amines is 1. The van der Waals surface area contributed by atoms with Crippen molar-refractivity contribution in [3.8, 4) is 5.75 Å². The van der Waals surface area contributed by atoms with Gasteiger partial charge in [0.25, 0.3) is 0 Å². The van der Waals surface area contributed by atoms with Crippen LogP contribution >= 0.6 is 0 Å². The second-order valence-electron chi connectivity index (χ2n) is 5.60. The molecule has 1 N–H and O–H groups in total. The number of amides is 1. The molecule has 23 heavy (non-hydrogen) atoms. The van der Waals surface area contributed by atoms with Gasteiger partial charge >= 0.3 is 5.69 Å². The fourth-order valence-corrected chi connectivity index (χ4v) is 3.02. The maximum atomic E-state index is 12.7. The zero-order chi connectivity index (χ0) is 16.2. The molecule has 2 aromatic rings. The molecule has 120 valence electrons. The lowest BCUT2D eigenvalue weighted by molar-refractivity contribution is -0.131. The first-order valence-corrected chi connectivity index (χ1v) is 7.65. The van der Waals surface area contributed by atoms with Crippen molar-refractivity contribution in [3.63, 3.8) is 0 Å². The number of nitrogens with one attached hydrogen (secondary N) is 1. The lowest BCUT2D eigenvalue weighted by atomic mass is 10.1. The summed E-state index contributed by atoms with van der Waals surface area (Å²) in [6.07, 6.45) is 3.59. The number of hydrogen-bond acceptors (Lipinski definition) is 4. The van der Waals surface area contributed by atoms with Crippen LogP contribution in [0.2, 0.25) is 0 Å². The van der Waals surface area contributed by atoms with Gasteiger partial charge < -0.3 is 14.6 Å². The van der Waals surface area contributed by atoms with Gasteiger partial charge in [0, 0.05) is 18.4 Å². The number of likely N-dealkylation sites (tertiary alicyclic amines) is 1. The zero-order valence-electron chi connectivity index (χ0n) is 13.0. The Hall–Kier alpha value is -2.63. The lowest BCUT2D eigenvalue weighted by Crippen LogP contribution is -2.33. The number of carbonyl (C=O) groups excluding carboxylic acids is 1. The van der Waals surface area contributed by atoms with Gasteiger partial charge in [-0.15, -0.1) is 0 Å². The lowest BCUT2D eigenvalue weighted by Gasteiger charge is -2.24. The SMILES string of the molecule is COc1cccc(CC(=O)N2CCC[C@@H]2c2ccnc(=O)[nH]2)c1. The van der Waals surface area contributed by atoms with Crippen molar-refractivity contribution < 1.29 is 9.53 Å². The predicted octanol–water partition coefficient (Wildman–Crippen LogP) is 1.68. The first kappa shape index (κ1) is 15.3. The minimum Gasteiger partial charge on any atom is -0.497 e. The van der Waals surface area contributed by atoms with Gasteiger partial charge in [0.05, 0.1) is 19.6 Å². The molecule has 2 heterocycles. The van der Waals surface area contributed by atoms with Crippen LogP contribution in [0.4, 0.5) is 0 Å². The second-order valence-corrected chi connectivity index (χ2v) is 5.60. The molecule has 0 spiro atoms. The van der Waals surface area contributed by atoms with E-state index in [0.29, 0.717) is 13.0 Å². The molecule has 1 atom stereocenters. The van der Waals surface area contributed by atoms with E-state index in [9.17, 15) is 9.59 Å². The molecule has 6 heteroatoms. The van der Waals surface area contributed by atoms with Gasteiger partial charge in [-0.3, -0.25) is 4.79 Å². The summed E-state index contributed by atoms with van der Waals surface area (Å²) in [6.45, 7) is 0.706. The summed E-state index contributed by atoms with van der Waals surface area (Å²) in [5, 5.41) is 0. The third-order valence-corrected chi connectivity index (χ3v) is 4.12. The molecule has 6 nitrogen and oxygen atoms in total. The summed E-state index contributed by atoms with van der Waals surface area (Å²) in [4.78, 5) is 32.3. The number of H-pyrrole nitrogens is 1. The van der Waals surface area contributed by atoms with E-state index in [2.05, 4.69) is 9.97 Å². The number of carbonyl (C=O) groups is 1. The summed E-state index contributed by atoms with van der Waals surface area (Å²) in [5.74, 6) is 0.796. The molecule has 0 saturated carbocycles. The van der Waals surface area contributed by atoms with Crippen molar-refractivity contribution in [1.82, 2.24) is 14.9 Å². The first-order valence-electron chi connectivity index (χ1n) is 7.65. The number of hydrogen-bond donors (Lipinski definition) is 1. The van der Waals surface area contributed by atoms with E-state index in [-0.39, 0.29) is 17.6 Å². The summed E-state index contributed by atoms with van der Waals surface area (Å²) >= 11 is 0. The highest BCUT2D eigenvalue weighted by molar-refractivity contribution is 5.79. The van der Waals surface area contributed by atoms with E-state index in [1.54, 1.807) is 13.2 Å². The van der Waals surface area contributed by atoms with E-state index in [1.165, 1.54) is 6.20 Å². The highest BCUT2D eigenvalue weighted by Gasteiger charge is 2.30. The van der Waals surface area contributed by atoms with Gasteiger partial charge in [-0.25, -0.2) is 9.78 Å². The Morgan fingerprint density at radius 3 is 3.09 bits per heavy atom. The van der Waals surface area contributed by atoms with Gasteiger partial charge in [-0.05, 0) is 36.6 Å². The first-order chi connectivity index (χ1) is 11.2. The fourth-order valence-electron chi connectivity index (χ4n) is 3.02. The molecule has 0 unspecified atom stereocenters. The van der Waals surface area contributed by atoms with Gasteiger partial charge in [0.1, 0.15) is 5.75 Å². The average Bonchev–Trinajstić information content (AvgIpc) is 3.05. The Kier molecular flexibility index (Phi) is 4.41. The molecule has 1 saturated heterocycles. The van der Waals surface area contributed by atoms with Crippen molar-refractivity contribution in [3.05, 3.63) is 58.3 Å². The van der Waals surface area contributed by atoms with Crippen molar-refractivity contribution in [2.24, 2.45) is 0 Å². The standard InChI is InChI=1S/C17H19N3O3/c1-23-13-5-2-4-12(10-13)11-16(21)20-9-3-6-15(20)14-7-8-18-17(22)19-14/h2,4-5,7-8,10,15H,3,6,9,11H2,1H3,(H,18,19,22)/t15-/m1/s1. The van der Waals surface area contributed by atoms with Crippen LogP contribution in [0.25, 0.3) is 0 Å². The van der Waals surface area contributed by atoms with Crippen LogP contribution in [0, 0.1) is 0 Å². The van der Waals surface area contributed by atoms with E-state index in [4.69, 9.17) is 4.74 Å². The van der Waals surface area contributed by atoms with Crippen LogP contribution < -0.4 is 10.4 Å². The Morgan fingerprint density at radius 2 is 2.30 bits per heavy atom. The highest BCUT2D eigenvalue weighted by atomic mass is 16.5. The van der Waals surface area contributed by atoms with Crippen molar-refractivity contribution >= 4 is 5.91 Å². The number of benzene rings is 1. The smallest absolute Gasteiger partial charge is 0.345 e. The number of aromatic nitrogens is 2. The molecule has 1 aromatic heterocycles. The second kappa shape index (κ2) is 6.64. The molecule has 1 aliphatic heterocycles. The van der Waals surface area contributed by atoms with Crippen LogP contribution in [-0.2, 0) is 11.2 Å². The normalized spacial score (nSPS) is 17.3. The quantitative estimate of drug-likeness (QED) is 0.932. The largest absolute Gasteiger partial charge is 0.497 e. The van der Waals surface area contributed by atoms with Crippen molar-refractivity contribution in [1.29, 1.82) is 0 Å². The molecule has 0 aliphatic carbocycles. The number of methoxy groups -OCH3 is 1. The van der Waals surface area contributed by atoms with Gasteiger partial charge in [0.2, 0.25) is 5.91 Å². The number of rotatable bonds is 4. The summed E-state index contributed by atoms with van der Waals surface area (Å²) in [5.41, 5.74) is 1.29. The maximum absolute atomic E-state index is 12.7. The Bertz CT molecular complexity index is 756. The number of nitrogens with zero attached hydrogens (tertiary/aromatic N) is 2. The summed E-state index contributed by atoms with van der Waals surface area (Å²) in [6, 6.07) is 9.21. The molecular formula is C17H19N3O3. The van der Waals surface area contributed by atoms with E-state index < -0.39 is 0 Å². The van der Waals surface area contributed by atoms with Crippen LogP contribution in [0.15, 0.2) is 41.3 Å². The summed E-state index contributed by atoms with van der Waals surface area (Å²) < 4.78 is 5.19. The predicted molar refractivity (Wildman–Crippen MR) is 85.2 cm³/mol. The zero-order valence-corrected chi connectivity index (χ0v) is 13.0. The molecule has 0 bridgehead atoms. The Labute approximate surface area is 134 Å². The van der Waals surface area contributed by atoms with Crippen LogP contribution in [0.3, 0.4) is 0 Å². The molecule has 1 fully saturated rings. The monoisotopic (exact) mass is 313 g/mol. The minimum atomic E-state index is -0.380. The highest BCUT2D eigenvalue weighted by Crippen LogP contribution is 2.30. The van der Waals surface area contributed by atoms with Crippen molar-refractivity contribution in [2.45, 2.75) is 25.3 Å². The van der Waals surface area contributed by atoms with E-state index in [0.717, 1.165) is 29.8 Å². The van der Waals surface area contributed by atoms with Crippen LogP contribution in [0.5, 0.6) is 5.75 Å². The molecular weight excluding hydrogens is 294 g/mol. The molecule has 1 aromatic carbocycles. The molecule has 0 radical (unpaired) electrons. The Morgan fingerprint density at radius 1 is 1.43 bits per heavy atom. The number of ether oxygens (including phenoxy) is 1. The average molecular weight is 313 g/mol. The van der Waals surface area contributed by atoms with Crippen LogP contribution in [-0.4, -0.2) is 34.4 Å². The minimum absolute atomic E-state index is 0.0541. The fraction of sp³-hybridized carbons (Fsp3) is 0.353. The van der Waals surface area contributed by atoms with E-state index in [1.807, 2.05) is 29.2 Å². The third kappa shape index (κ3) is 3.41. The molecule has 1 amide bonds. The maximum Gasteiger partial charge on any atom is 0.345 e. The molecule has 3 rings (SSSR count). The third-order valence-electron chi connectivity index (χ3n) is 4.12. The van der Waals surface area contributed by atoms with Crippen molar-refractivity contribution in [2.75, 3.05) is 13.7 Å². The van der Waals surface area contributed by atoms with Gasteiger partial charge in [0.15, 0.2) is 0 Å². The summed E-state index contributed by atoms with van der Waals surface area (Å²) in [7, 11) is 1.61. The van der Waals surface area contributed by atoms with Gasteiger partial charge in [-0.1, -0.05) is 12.1 Å². The van der Waals surface area contributed by atoms with E-state index >= 15 is 0 Å². The molecule has 1 aliphatic rings.